The van der Waals surface area contributed by atoms with Gasteiger partial charge in [-0.1, -0.05) is 20.8 Å². The van der Waals surface area contributed by atoms with E-state index in [0.717, 1.165) is 5.69 Å². The van der Waals surface area contributed by atoms with Crippen molar-refractivity contribution in [3.8, 4) is 0 Å². The molecular formula is C19H30N2. The molecule has 1 aromatic carbocycles. The molecule has 1 heterocycles. The second-order valence-corrected chi connectivity index (χ2v) is 8.03. The minimum atomic E-state index is -0.0432. The third-order valence-corrected chi connectivity index (χ3v) is 5.84. The monoisotopic (exact) mass is 286 g/mol. The van der Waals surface area contributed by atoms with E-state index in [4.69, 9.17) is 5.10 Å². The van der Waals surface area contributed by atoms with Gasteiger partial charge in [0.1, 0.15) is 0 Å². The second-order valence-electron chi connectivity index (χ2n) is 8.03. The molecule has 0 amide bonds. The van der Waals surface area contributed by atoms with E-state index in [9.17, 15) is 0 Å². The topological polar surface area (TPSA) is 17.8 Å². The highest BCUT2D eigenvalue weighted by molar-refractivity contribution is 5.90. The summed E-state index contributed by atoms with van der Waals surface area (Å²) in [6, 6.07) is 0. The van der Waals surface area contributed by atoms with Crippen LogP contribution in [0.15, 0.2) is 0 Å². The molecule has 0 unspecified atom stereocenters. The van der Waals surface area contributed by atoms with E-state index in [-0.39, 0.29) is 11.0 Å². The molecule has 0 spiro atoms. The van der Waals surface area contributed by atoms with E-state index in [0.29, 0.717) is 0 Å². The maximum absolute atomic E-state index is 4.95. The van der Waals surface area contributed by atoms with Gasteiger partial charge in [0.2, 0.25) is 0 Å². The summed E-state index contributed by atoms with van der Waals surface area (Å²) in [5.41, 5.74) is 8.09. The SMILES string of the molecule is Cc1c(C)c(C)c2c(c(C)nn2C(C)(C)C(C)(C)C)c1C. The average Bonchev–Trinajstić information content (AvgIpc) is 2.70. The van der Waals surface area contributed by atoms with E-state index < -0.39 is 0 Å². The Labute approximate surface area is 129 Å². The molecule has 0 aliphatic heterocycles. The molecule has 0 atom stereocenters. The fourth-order valence-corrected chi connectivity index (χ4v) is 2.97. The van der Waals surface area contributed by atoms with Crippen molar-refractivity contribution in [3.63, 3.8) is 0 Å². The van der Waals surface area contributed by atoms with Gasteiger partial charge in [0.15, 0.2) is 0 Å². The number of hydrogen-bond acceptors (Lipinski definition) is 1. The van der Waals surface area contributed by atoms with Crippen molar-refractivity contribution in [2.45, 2.75) is 74.8 Å². The summed E-state index contributed by atoms with van der Waals surface area (Å²) >= 11 is 0. The Kier molecular flexibility index (Phi) is 3.51. The van der Waals surface area contributed by atoms with Gasteiger partial charge in [-0.05, 0) is 76.1 Å². The van der Waals surface area contributed by atoms with Gasteiger partial charge in [0.25, 0.3) is 0 Å². The molecule has 0 radical (unpaired) electrons. The fourth-order valence-electron chi connectivity index (χ4n) is 2.97. The maximum atomic E-state index is 4.95. The lowest BCUT2D eigenvalue weighted by molar-refractivity contribution is 0.129. The second kappa shape index (κ2) is 4.59. The standard InChI is InChI=1S/C19H30N2/c1-11-12(2)14(4)17-16(13(11)3)15(5)20-21(17)19(9,10)18(6,7)8/h1-10H3. The first-order chi connectivity index (χ1) is 9.41. The van der Waals surface area contributed by atoms with Crippen molar-refractivity contribution in [2.24, 2.45) is 5.41 Å². The maximum Gasteiger partial charge on any atom is 0.0726 e. The lowest BCUT2D eigenvalue weighted by Crippen LogP contribution is -2.40. The Morgan fingerprint density at radius 3 is 1.67 bits per heavy atom. The number of benzene rings is 1. The fraction of sp³-hybridized carbons (Fsp3) is 0.632. The number of aryl methyl sites for hydroxylation is 3. The van der Waals surface area contributed by atoms with Gasteiger partial charge in [0, 0.05) is 5.39 Å². The summed E-state index contributed by atoms with van der Waals surface area (Å²) in [6.07, 6.45) is 0. The number of rotatable bonds is 1. The van der Waals surface area contributed by atoms with Crippen molar-refractivity contribution in [2.75, 3.05) is 0 Å². The predicted octanol–water partition coefficient (Wildman–Crippen LogP) is 5.36. The molecule has 0 bridgehead atoms. The number of hydrogen-bond donors (Lipinski definition) is 0. The highest BCUT2D eigenvalue weighted by atomic mass is 15.3. The molecular weight excluding hydrogens is 256 g/mol. The van der Waals surface area contributed by atoms with E-state index in [1.54, 1.807) is 0 Å². The summed E-state index contributed by atoms with van der Waals surface area (Å²) in [5.74, 6) is 0. The van der Waals surface area contributed by atoms with Gasteiger partial charge in [-0.2, -0.15) is 5.10 Å². The lowest BCUT2D eigenvalue weighted by Gasteiger charge is -2.40. The Bertz CT molecular complexity index is 710. The van der Waals surface area contributed by atoms with E-state index in [1.165, 1.54) is 33.2 Å². The number of fused-ring (bicyclic) bond motifs is 1. The van der Waals surface area contributed by atoms with Gasteiger partial charge in [-0.15, -0.1) is 0 Å². The van der Waals surface area contributed by atoms with E-state index >= 15 is 0 Å². The summed E-state index contributed by atoms with van der Waals surface area (Å²) < 4.78 is 2.27. The molecule has 2 nitrogen and oxygen atoms in total. The summed E-state index contributed by atoms with van der Waals surface area (Å²) in [7, 11) is 0. The zero-order valence-electron chi connectivity index (χ0n) is 15.4. The number of aromatic nitrogens is 2. The first-order valence-electron chi connectivity index (χ1n) is 7.87. The molecule has 2 heteroatoms. The van der Waals surface area contributed by atoms with Crippen LogP contribution in [0.3, 0.4) is 0 Å². The van der Waals surface area contributed by atoms with Crippen molar-refractivity contribution in [3.05, 3.63) is 27.9 Å². The van der Waals surface area contributed by atoms with Crippen LogP contribution < -0.4 is 0 Å². The van der Waals surface area contributed by atoms with Crippen molar-refractivity contribution in [1.29, 1.82) is 0 Å². The van der Waals surface area contributed by atoms with Crippen molar-refractivity contribution < 1.29 is 0 Å². The quantitative estimate of drug-likeness (QED) is 0.690. The number of nitrogens with zero attached hydrogens (tertiary/aromatic N) is 2. The molecule has 0 N–H and O–H groups in total. The molecule has 2 aromatic rings. The summed E-state index contributed by atoms with van der Waals surface area (Å²) in [4.78, 5) is 0. The van der Waals surface area contributed by atoms with Crippen LogP contribution in [-0.4, -0.2) is 9.78 Å². The zero-order valence-corrected chi connectivity index (χ0v) is 15.4. The molecule has 1 aromatic heterocycles. The normalized spacial score (nSPS) is 13.2. The average molecular weight is 286 g/mol. The molecule has 0 saturated heterocycles. The highest BCUT2D eigenvalue weighted by Gasteiger charge is 2.37. The van der Waals surface area contributed by atoms with Crippen LogP contribution in [0.5, 0.6) is 0 Å². The summed E-state index contributed by atoms with van der Waals surface area (Å²) in [5, 5.41) is 6.29. The Balaban J connectivity index is 2.99. The predicted molar refractivity (Wildman–Crippen MR) is 92.2 cm³/mol. The van der Waals surface area contributed by atoms with E-state index in [2.05, 4.69) is 73.9 Å². The van der Waals surface area contributed by atoms with Gasteiger partial charge in [-0.25, -0.2) is 0 Å². The molecule has 0 aliphatic rings. The first kappa shape index (κ1) is 16.1. The minimum Gasteiger partial charge on any atom is -0.258 e. The third-order valence-electron chi connectivity index (χ3n) is 5.84. The van der Waals surface area contributed by atoms with Crippen LogP contribution in [0.1, 0.15) is 62.6 Å². The Hall–Kier alpha value is -1.31. The van der Waals surface area contributed by atoms with Crippen LogP contribution in [0, 0.1) is 40.0 Å². The Morgan fingerprint density at radius 1 is 0.714 bits per heavy atom. The molecule has 2 rings (SSSR count). The summed E-state index contributed by atoms with van der Waals surface area (Å²) in [6.45, 7) is 22.5. The smallest absolute Gasteiger partial charge is 0.0726 e. The van der Waals surface area contributed by atoms with Crippen LogP contribution in [0.2, 0.25) is 0 Å². The molecule has 21 heavy (non-hydrogen) atoms. The Morgan fingerprint density at radius 2 is 1.19 bits per heavy atom. The molecule has 0 fully saturated rings. The largest absolute Gasteiger partial charge is 0.258 e. The van der Waals surface area contributed by atoms with Crippen molar-refractivity contribution in [1.82, 2.24) is 9.78 Å². The molecule has 116 valence electrons. The lowest BCUT2D eigenvalue weighted by atomic mass is 9.76. The van der Waals surface area contributed by atoms with Gasteiger partial charge < -0.3 is 0 Å². The highest BCUT2D eigenvalue weighted by Crippen LogP contribution is 2.41. The minimum absolute atomic E-state index is 0.0432. The van der Waals surface area contributed by atoms with Crippen LogP contribution in [0.4, 0.5) is 0 Å². The van der Waals surface area contributed by atoms with Crippen LogP contribution in [-0.2, 0) is 5.54 Å². The zero-order chi connectivity index (χ0) is 16.3. The van der Waals surface area contributed by atoms with Gasteiger partial charge >= 0.3 is 0 Å². The van der Waals surface area contributed by atoms with Gasteiger partial charge in [0.05, 0.1) is 16.7 Å². The third kappa shape index (κ3) is 2.11. The first-order valence-corrected chi connectivity index (χ1v) is 7.87. The van der Waals surface area contributed by atoms with E-state index in [1.807, 2.05) is 0 Å². The van der Waals surface area contributed by atoms with Crippen molar-refractivity contribution >= 4 is 10.9 Å². The molecule has 0 aliphatic carbocycles. The van der Waals surface area contributed by atoms with Gasteiger partial charge in [-0.3, -0.25) is 4.68 Å². The van der Waals surface area contributed by atoms with Crippen LogP contribution in [0.25, 0.3) is 10.9 Å². The van der Waals surface area contributed by atoms with Crippen LogP contribution >= 0.6 is 0 Å². The molecule has 0 saturated carbocycles.